The molecule has 2 aromatic rings. The summed E-state index contributed by atoms with van der Waals surface area (Å²) in [6.45, 7) is 1.13. The van der Waals surface area contributed by atoms with Crippen LogP contribution in [0.1, 0.15) is 30.2 Å². The maximum Gasteiger partial charge on any atom is 0.387 e. The van der Waals surface area contributed by atoms with Gasteiger partial charge in [-0.15, -0.1) is 0 Å². The monoisotopic (exact) mass is 510 g/mol. The highest BCUT2D eigenvalue weighted by Gasteiger charge is 2.09. The fourth-order valence-electron chi connectivity index (χ4n) is 2.14. The van der Waals surface area contributed by atoms with Gasteiger partial charge in [-0.25, -0.2) is 0 Å². The van der Waals surface area contributed by atoms with E-state index in [0.29, 0.717) is 22.5 Å². The average molecular weight is 513 g/mol. The SMILES string of the molecule is CCCc1cc(Cl)ccc1OC(F)F.Cc1cc(Br)cnc1C(=N)CBr. The third-order valence-corrected chi connectivity index (χ3v) is 4.45. The zero-order valence-corrected chi connectivity index (χ0v) is 18.3. The molecule has 1 aromatic carbocycles. The van der Waals surface area contributed by atoms with Crippen molar-refractivity contribution in [2.75, 3.05) is 5.33 Å². The number of rotatable bonds is 6. The van der Waals surface area contributed by atoms with Gasteiger partial charge in [0.25, 0.3) is 0 Å². The van der Waals surface area contributed by atoms with E-state index in [1.807, 2.05) is 19.9 Å². The Hall–Kier alpha value is -1.05. The smallest absolute Gasteiger partial charge is 0.387 e. The molecule has 0 saturated carbocycles. The second-order valence-corrected chi connectivity index (χ2v) is 7.22. The molecule has 3 nitrogen and oxygen atoms in total. The fourth-order valence-corrected chi connectivity index (χ4v) is 3.05. The Kier molecular flexibility index (Phi) is 10.3. The van der Waals surface area contributed by atoms with E-state index in [1.165, 1.54) is 6.07 Å². The van der Waals surface area contributed by atoms with Crippen LogP contribution in [0.25, 0.3) is 0 Å². The summed E-state index contributed by atoms with van der Waals surface area (Å²) in [4.78, 5) is 4.15. The molecule has 26 heavy (non-hydrogen) atoms. The number of halogens is 5. The fraction of sp³-hybridized carbons (Fsp3) is 0.333. The number of hydrogen-bond donors (Lipinski definition) is 1. The minimum atomic E-state index is -2.79. The van der Waals surface area contributed by atoms with E-state index >= 15 is 0 Å². The third kappa shape index (κ3) is 7.68. The first-order chi connectivity index (χ1) is 12.3. The summed E-state index contributed by atoms with van der Waals surface area (Å²) in [7, 11) is 0. The summed E-state index contributed by atoms with van der Waals surface area (Å²) >= 11 is 12.3. The predicted molar refractivity (Wildman–Crippen MR) is 109 cm³/mol. The van der Waals surface area contributed by atoms with E-state index < -0.39 is 6.61 Å². The first-order valence-corrected chi connectivity index (χ1v) is 10.1. The van der Waals surface area contributed by atoms with E-state index in [1.54, 1.807) is 18.3 Å². The normalized spacial score (nSPS) is 10.3. The molecule has 0 aliphatic rings. The number of aryl methyl sites for hydroxylation is 2. The second-order valence-electron chi connectivity index (χ2n) is 5.31. The molecular formula is C18H19Br2ClF2N2O. The molecule has 0 atom stereocenters. The van der Waals surface area contributed by atoms with Gasteiger partial charge in [0.1, 0.15) is 5.75 Å². The standard InChI is InChI=1S/C10H11ClF2O.C8H8Br2N2/c1-2-3-7-6-8(11)4-5-9(7)14-10(12)13;1-5-2-6(10)4-12-8(5)7(11)3-9/h4-6,10H,2-3H2,1H3;2,4,11H,3H2,1H3. The zero-order valence-electron chi connectivity index (χ0n) is 14.3. The van der Waals surface area contributed by atoms with Gasteiger partial charge in [-0.3, -0.25) is 4.98 Å². The molecule has 1 aromatic heterocycles. The van der Waals surface area contributed by atoms with Crippen molar-refractivity contribution < 1.29 is 13.5 Å². The van der Waals surface area contributed by atoms with E-state index in [9.17, 15) is 8.78 Å². The van der Waals surface area contributed by atoms with E-state index in [0.717, 1.165) is 27.7 Å². The number of benzene rings is 1. The lowest BCUT2D eigenvalue weighted by atomic mass is 10.1. The number of pyridine rings is 1. The number of alkyl halides is 3. The molecule has 0 amide bonds. The first-order valence-electron chi connectivity index (χ1n) is 7.77. The van der Waals surface area contributed by atoms with Crippen molar-refractivity contribution >= 4 is 49.2 Å². The Morgan fingerprint density at radius 2 is 2.04 bits per heavy atom. The molecule has 0 bridgehead atoms. The van der Waals surface area contributed by atoms with E-state index in [2.05, 4.69) is 41.6 Å². The summed E-state index contributed by atoms with van der Waals surface area (Å²) in [6, 6.07) is 6.63. The Labute approximate surface area is 173 Å². The highest BCUT2D eigenvalue weighted by atomic mass is 79.9. The molecule has 0 fully saturated rings. The van der Waals surface area contributed by atoms with Gasteiger partial charge in [0.05, 0.1) is 11.4 Å². The predicted octanol–water partition coefficient (Wildman–Crippen LogP) is 6.81. The van der Waals surface area contributed by atoms with Gasteiger partial charge >= 0.3 is 6.61 Å². The van der Waals surface area contributed by atoms with Crippen molar-refractivity contribution in [1.82, 2.24) is 4.98 Å². The van der Waals surface area contributed by atoms with Crippen LogP contribution in [0.2, 0.25) is 5.02 Å². The summed E-state index contributed by atoms with van der Waals surface area (Å²) in [5.74, 6) is 0.214. The van der Waals surface area contributed by atoms with E-state index in [-0.39, 0.29) is 5.75 Å². The van der Waals surface area contributed by atoms with Gasteiger partial charge in [-0.05, 0) is 64.7 Å². The highest BCUT2D eigenvalue weighted by molar-refractivity contribution is 9.10. The highest BCUT2D eigenvalue weighted by Crippen LogP contribution is 2.25. The summed E-state index contributed by atoms with van der Waals surface area (Å²) in [5.41, 5.74) is 3.02. The van der Waals surface area contributed by atoms with Crippen LogP contribution in [0, 0.1) is 12.3 Å². The minimum absolute atomic E-state index is 0.214. The second kappa shape index (κ2) is 11.6. The van der Waals surface area contributed by atoms with Crippen LogP contribution in [0.15, 0.2) is 34.9 Å². The quantitative estimate of drug-likeness (QED) is 0.341. The summed E-state index contributed by atoms with van der Waals surface area (Å²) < 4.78 is 29.3. The first kappa shape index (κ1) is 23.0. The van der Waals surface area contributed by atoms with E-state index in [4.69, 9.17) is 17.0 Å². The lowest BCUT2D eigenvalue weighted by Crippen LogP contribution is -2.05. The van der Waals surface area contributed by atoms with Crippen molar-refractivity contribution in [2.24, 2.45) is 0 Å². The van der Waals surface area contributed by atoms with Crippen LogP contribution in [0.5, 0.6) is 5.75 Å². The van der Waals surface area contributed by atoms with Gasteiger partial charge < -0.3 is 10.1 Å². The topological polar surface area (TPSA) is 46.0 Å². The Morgan fingerprint density at radius 1 is 1.35 bits per heavy atom. The molecule has 1 heterocycles. The molecule has 0 spiro atoms. The van der Waals surface area contributed by atoms with Crippen LogP contribution in [-0.4, -0.2) is 22.6 Å². The van der Waals surface area contributed by atoms with Crippen LogP contribution in [0.3, 0.4) is 0 Å². The molecule has 1 N–H and O–H groups in total. The lowest BCUT2D eigenvalue weighted by Gasteiger charge is -2.09. The largest absolute Gasteiger partial charge is 0.435 e. The van der Waals surface area contributed by atoms with Gasteiger partial charge in [0.2, 0.25) is 0 Å². The maximum atomic E-state index is 12.0. The number of hydrogen-bond acceptors (Lipinski definition) is 3. The average Bonchev–Trinajstić information content (AvgIpc) is 2.57. The molecule has 0 unspecified atom stereocenters. The van der Waals surface area contributed by atoms with Crippen molar-refractivity contribution in [2.45, 2.75) is 33.3 Å². The third-order valence-electron chi connectivity index (χ3n) is 3.22. The molecule has 0 aliphatic heterocycles. The number of nitrogens with zero attached hydrogens (tertiary/aromatic N) is 1. The van der Waals surface area contributed by atoms with Gasteiger partial charge in [-0.1, -0.05) is 40.9 Å². The zero-order chi connectivity index (χ0) is 19.7. The van der Waals surface area contributed by atoms with Crippen molar-refractivity contribution in [3.8, 4) is 5.75 Å². The Bertz CT molecular complexity index is 745. The van der Waals surface area contributed by atoms with Crippen LogP contribution < -0.4 is 4.74 Å². The van der Waals surface area contributed by atoms with Crippen LogP contribution in [0.4, 0.5) is 8.78 Å². The Balaban J connectivity index is 0.000000263. The maximum absolute atomic E-state index is 12.0. The number of ether oxygens (including phenoxy) is 1. The van der Waals surface area contributed by atoms with Gasteiger partial charge in [-0.2, -0.15) is 8.78 Å². The van der Waals surface area contributed by atoms with Crippen LogP contribution >= 0.6 is 43.5 Å². The van der Waals surface area contributed by atoms with Crippen molar-refractivity contribution in [3.63, 3.8) is 0 Å². The summed E-state index contributed by atoms with van der Waals surface area (Å²) in [6.07, 6.45) is 3.25. The number of nitrogens with one attached hydrogen (secondary N) is 1. The Morgan fingerprint density at radius 3 is 2.58 bits per heavy atom. The van der Waals surface area contributed by atoms with Gasteiger partial charge in [0.15, 0.2) is 0 Å². The minimum Gasteiger partial charge on any atom is -0.435 e. The van der Waals surface area contributed by atoms with Crippen LogP contribution in [-0.2, 0) is 6.42 Å². The van der Waals surface area contributed by atoms with Crippen molar-refractivity contribution in [1.29, 1.82) is 5.41 Å². The summed E-state index contributed by atoms with van der Waals surface area (Å²) in [5, 5.41) is 8.65. The molecule has 2 rings (SSSR count). The lowest BCUT2D eigenvalue weighted by molar-refractivity contribution is -0.0504. The molecule has 0 radical (unpaired) electrons. The molecule has 0 saturated heterocycles. The molecule has 8 heteroatoms. The molecular weight excluding hydrogens is 493 g/mol. The van der Waals surface area contributed by atoms with Gasteiger partial charge in [0, 0.05) is 21.0 Å². The van der Waals surface area contributed by atoms with Crippen molar-refractivity contribution in [3.05, 3.63) is 56.8 Å². The molecule has 142 valence electrons. The number of aromatic nitrogens is 1. The molecule has 0 aliphatic carbocycles.